The molecule has 0 aliphatic carbocycles. The van der Waals surface area contributed by atoms with Gasteiger partial charge in [-0.05, 0) is 0 Å². The van der Waals surface area contributed by atoms with Crippen LogP contribution in [-0.4, -0.2) is 23.2 Å². The molecule has 0 aromatic carbocycles. The van der Waals surface area contributed by atoms with Gasteiger partial charge in [0.15, 0.2) is 0 Å². The third-order valence-electron chi connectivity index (χ3n) is 0.243. The zero-order valence-electron chi connectivity index (χ0n) is 5.47. The number of hydrogen-bond donors (Lipinski definition) is 2. The van der Waals surface area contributed by atoms with Crippen molar-refractivity contribution in [1.29, 1.82) is 0 Å². The summed E-state index contributed by atoms with van der Waals surface area (Å²) in [7, 11) is 0. The van der Waals surface area contributed by atoms with Gasteiger partial charge in [-0.2, -0.15) is 13.2 Å². The van der Waals surface area contributed by atoms with E-state index in [1.165, 1.54) is 6.92 Å². The molecule has 0 radical (unpaired) electrons. The van der Waals surface area contributed by atoms with Gasteiger partial charge >= 0.3 is 12.1 Å². The Hall–Kier alpha value is -1.27. The molecule has 3 N–H and O–H groups in total. The molecule has 66 valence electrons. The van der Waals surface area contributed by atoms with Crippen LogP contribution in [0.1, 0.15) is 6.92 Å². The summed E-state index contributed by atoms with van der Waals surface area (Å²) < 4.78 is 31.7. The first-order valence-electron chi connectivity index (χ1n) is 2.24. The zero-order chi connectivity index (χ0) is 9.65. The van der Waals surface area contributed by atoms with Crippen molar-refractivity contribution in [1.82, 2.24) is 0 Å². The highest BCUT2D eigenvalue weighted by Crippen LogP contribution is 2.13. The Morgan fingerprint density at radius 2 is 1.45 bits per heavy atom. The Morgan fingerprint density at radius 1 is 1.36 bits per heavy atom. The number of hydrogen-bond acceptors (Lipinski definition) is 2. The van der Waals surface area contributed by atoms with Crippen LogP contribution in [0, 0.1) is 0 Å². The number of primary amides is 1. The first-order chi connectivity index (χ1) is 4.68. The van der Waals surface area contributed by atoms with Gasteiger partial charge in [-0.15, -0.1) is 0 Å². The highest BCUT2D eigenvalue weighted by Gasteiger charge is 2.38. The van der Waals surface area contributed by atoms with Gasteiger partial charge in [0.2, 0.25) is 5.91 Å². The van der Waals surface area contributed by atoms with Gasteiger partial charge in [0.1, 0.15) is 0 Å². The number of rotatable bonds is 0. The molecule has 0 rings (SSSR count). The lowest BCUT2D eigenvalue weighted by Gasteiger charge is -1.93. The van der Waals surface area contributed by atoms with E-state index < -0.39 is 12.1 Å². The number of carbonyl (C=O) groups is 2. The molecule has 0 fully saturated rings. The summed E-state index contributed by atoms with van der Waals surface area (Å²) in [5, 5.41) is 7.12. The maximum atomic E-state index is 10.6. The monoisotopic (exact) mass is 173 g/mol. The lowest BCUT2D eigenvalue weighted by atomic mass is 10.7. The molecule has 0 spiro atoms. The summed E-state index contributed by atoms with van der Waals surface area (Å²) >= 11 is 0. The Morgan fingerprint density at radius 3 is 1.45 bits per heavy atom. The van der Waals surface area contributed by atoms with Crippen LogP contribution >= 0.6 is 0 Å². The zero-order valence-corrected chi connectivity index (χ0v) is 5.47. The van der Waals surface area contributed by atoms with Crippen LogP contribution in [0.4, 0.5) is 13.2 Å². The Bertz CT molecular complexity index is 149. The summed E-state index contributed by atoms with van der Waals surface area (Å²) in [5.41, 5.74) is 4.47. The molecular formula is C4H6F3NO3. The average Bonchev–Trinajstić information content (AvgIpc) is 1.59. The van der Waals surface area contributed by atoms with E-state index in [4.69, 9.17) is 9.90 Å². The van der Waals surface area contributed by atoms with Crippen molar-refractivity contribution in [3.8, 4) is 0 Å². The van der Waals surface area contributed by atoms with Crippen molar-refractivity contribution in [3.63, 3.8) is 0 Å². The molecule has 0 unspecified atom stereocenters. The third kappa shape index (κ3) is 17.7. The lowest BCUT2D eigenvalue weighted by molar-refractivity contribution is -0.192. The molecule has 0 saturated heterocycles. The van der Waals surface area contributed by atoms with Crippen molar-refractivity contribution >= 4 is 11.9 Å². The van der Waals surface area contributed by atoms with Crippen LogP contribution in [0.3, 0.4) is 0 Å². The molecule has 0 bridgehead atoms. The molecule has 4 nitrogen and oxygen atoms in total. The summed E-state index contributed by atoms with van der Waals surface area (Å²) in [5.74, 6) is -3.09. The Balaban J connectivity index is 0. The summed E-state index contributed by atoms with van der Waals surface area (Å²) in [6, 6.07) is 0. The van der Waals surface area contributed by atoms with E-state index in [9.17, 15) is 18.0 Å². The van der Waals surface area contributed by atoms with Crippen LogP contribution < -0.4 is 5.73 Å². The maximum absolute atomic E-state index is 10.6. The molecule has 0 aromatic rings. The van der Waals surface area contributed by atoms with Crippen LogP contribution in [0.5, 0.6) is 0 Å². The standard InChI is InChI=1S/C2HF3O2.C2H5NO/c3-2(4,5)1(6)7;1-2(3)4/h(H,6,7);1H3,(H2,3,4). The summed E-state index contributed by atoms with van der Waals surface area (Å²) in [6.07, 6.45) is -5.08. The van der Waals surface area contributed by atoms with E-state index in [0.717, 1.165) is 0 Å². The number of carboxylic acid groups (broad SMARTS) is 1. The van der Waals surface area contributed by atoms with Crippen molar-refractivity contribution in [2.45, 2.75) is 13.1 Å². The molecule has 7 heteroatoms. The molecule has 0 aliphatic rings. The van der Waals surface area contributed by atoms with Gasteiger partial charge in [-0.25, -0.2) is 4.79 Å². The van der Waals surface area contributed by atoms with E-state index >= 15 is 0 Å². The molecule has 1 amide bonds. The van der Waals surface area contributed by atoms with E-state index in [2.05, 4.69) is 5.73 Å². The fraction of sp³-hybridized carbons (Fsp3) is 0.500. The molecular weight excluding hydrogens is 167 g/mol. The second-order valence-electron chi connectivity index (χ2n) is 1.41. The predicted octanol–water partition coefficient (Wildman–Crippen LogP) is 0.125. The minimum atomic E-state index is -5.08. The van der Waals surface area contributed by atoms with Gasteiger partial charge in [0.25, 0.3) is 0 Å². The van der Waals surface area contributed by atoms with Crippen LogP contribution in [0.25, 0.3) is 0 Å². The van der Waals surface area contributed by atoms with Gasteiger partial charge < -0.3 is 10.8 Å². The normalized spacial score (nSPS) is 9.45. The molecule has 0 aliphatic heterocycles. The van der Waals surface area contributed by atoms with E-state index in [0.29, 0.717) is 0 Å². The highest BCUT2D eigenvalue weighted by molar-refractivity contribution is 5.73. The second-order valence-corrected chi connectivity index (χ2v) is 1.41. The number of carboxylic acids is 1. The second kappa shape index (κ2) is 4.53. The fourth-order valence-corrected chi connectivity index (χ4v) is 0. The van der Waals surface area contributed by atoms with Crippen LogP contribution in [0.15, 0.2) is 0 Å². The molecule has 0 atom stereocenters. The summed E-state index contributed by atoms with van der Waals surface area (Å²) in [4.78, 5) is 18.1. The van der Waals surface area contributed by atoms with Crippen molar-refractivity contribution in [3.05, 3.63) is 0 Å². The Labute approximate surface area is 59.8 Å². The largest absolute Gasteiger partial charge is 0.490 e. The van der Waals surface area contributed by atoms with Crippen molar-refractivity contribution in [2.24, 2.45) is 5.73 Å². The van der Waals surface area contributed by atoms with Crippen molar-refractivity contribution in [2.75, 3.05) is 0 Å². The topological polar surface area (TPSA) is 80.4 Å². The summed E-state index contributed by atoms with van der Waals surface area (Å²) in [6.45, 7) is 1.31. The minimum absolute atomic E-state index is 0.333. The Kier molecular flexibility index (Phi) is 5.11. The van der Waals surface area contributed by atoms with Crippen LogP contribution in [0.2, 0.25) is 0 Å². The highest BCUT2D eigenvalue weighted by atomic mass is 19.4. The number of amides is 1. The van der Waals surface area contributed by atoms with Crippen molar-refractivity contribution < 1.29 is 27.9 Å². The maximum Gasteiger partial charge on any atom is 0.490 e. The lowest BCUT2D eigenvalue weighted by Crippen LogP contribution is -2.21. The third-order valence-corrected chi connectivity index (χ3v) is 0.243. The average molecular weight is 173 g/mol. The van der Waals surface area contributed by atoms with Gasteiger partial charge in [0.05, 0.1) is 0 Å². The van der Waals surface area contributed by atoms with E-state index in [1.54, 1.807) is 0 Å². The minimum Gasteiger partial charge on any atom is -0.475 e. The van der Waals surface area contributed by atoms with E-state index in [1.807, 2.05) is 0 Å². The molecule has 11 heavy (non-hydrogen) atoms. The SMILES string of the molecule is CC(N)=O.O=C(O)C(F)(F)F. The quantitative estimate of drug-likeness (QED) is 0.546. The fourth-order valence-electron chi connectivity index (χ4n) is 0. The smallest absolute Gasteiger partial charge is 0.475 e. The molecule has 0 saturated carbocycles. The molecule has 0 aromatic heterocycles. The predicted molar refractivity (Wildman–Crippen MR) is 28.6 cm³/mol. The first kappa shape index (κ1) is 12.4. The van der Waals surface area contributed by atoms with Crippen LogP contribution in [-0.2, 0) is 9.59 Å². The number of halogens is 3. The van der Waals surface area contributed by atoms with Gasteiger partial charge in [-0.1, -0.05) is 0 Å². The van der Waals surface area contributed by atoms with Gasteiger partial charge in [-0.3, -0.25) is 4.79 Å². The number of aliphatic carboxylic acids is 1. The number of carbonyl (C=O) groups excluding carboxylic acids is 1. The van der Waals surface area contributed by atoms with Gasteiger partial charge in [0, 0.05) is 6.92 Å². The number of nitrogens with two attached hydrogens (primary N) is 1. The number of alkyl halides is 3. The first-order valence-corrected chi connectivity index (χ1v) is 2.24. The van der Waals surface area contributed by atoms with E-state index in [-0.39, 0.29) is 5.91 Å². The molecule has 0 heterocycles.